The van der Waals surface area contributed by atoms with E-state index in [1.165, 1.54) is 0 Å². The van der Waals surface area contributed by atoms with Crippen LogP contribution in [0.3, 0.4) is 0 Å². The van der Waals surface area contributed by atoms with Crippen molar-refractivity contribution in [3.05, 3.63) is 24.2 Å². The molecule has 5 nitrogen and oxygen atoms in total. The van der Waals surface area contributed by atoms with Crippen LogP contribution in [0.5, 0.6) is 0 Å². The summed E-state index contributed by atoms with van der Waals surface area (Å²) in [5.74, 6) is 0.838. The van der Waals surface area contributed by atoms with Crippen molar-refractivity contribution in [3.8, 4) is 0 Å². The lowest BCUT2D eigenvalue weighted by Gasteiger charge is -2.30. The second-order valence-corrected chi connectivity index (χ2v) is 4.86. The Morgan fingerprint density at radius 3 is 3.17 bits per heavy atom. The molecule has 1 amide bonds. The number of furan rings is 1. The van der Waals surface area contributed by atoms with Gasteiger partial charge >= 0.3 is 0 Å². The van der Waals surface area contributed by atoms with Crippen LogP contribution < -0.4 is 0 Å². The van der Waals surface area contributed by atoms with Gasteiger partial charge in [-0.3, -0.25) is 9.69 Å². The van der Waals surface area contributed by atoms with Crippen molar-refractivity contribution in [2.75, 3.05) is 26.7 Å². The molecule has 0 aromatic carbocycles. The standard InChI is InChI=1S/C13H20N2O3/c1-14(9-12-5-3-7-18-12)13(17)10-15-6-2-4-11(16)8-15/h3,5,7,11,16H,2,4,6,8-10H2,1H3. The quantitative estimate of drug-likeness (QED) is 0.857. The second kappa shape index (κ2) is 6.02. The predicted octanol–water partition coefficient (Wildman–Crippen LogP) is 0.695. The average Bonchev–Trinajstić information content (AvgIpc) is 2.81. The third kappa shape index (κ3) is 3.58. The minimum atomic E-state index is -0.290. The van der Waals surface area contributed by atoms with Gasteiger partial charge in [-0.15, -0.1) is 0 Å². The first-order valence-electron chi connectivity index (χ1n) is 6.32. The number of nitrogens with zero attached hydrogens (tertiary/aromatic N) is 2. The molecule has 1 aromatic rings. The molecule has 1 aliphatic heterocycles. The maximum atomic E-state index is 12.0. The van der Waals surface area contributed by atoms with Gasteiger partial charge in [-0.05, 0) is 31.5 Å². The van der Waals surface area contributed by atoms with Crippen LogP contribution >= 0.6 is 0 Å². The first kappa shape index (κ1) is 13.1. The number of likely N-dealkylation sites (tertiary alicyclic amines) is 1. The first-order chi connectivity index (χ1) is 8.65. The van der Waals surface area contributed by atoms with E-state index in [-0.39, 0.29) is 12.0 Å². The Morgan fingerprint density at radius 1 is 1.67 bits per heavy atom. The van der Waals surface area contributed by atoms with E-state index < -0.39 is 0 Å². The Bertz CT molecular complexity index is 378. The molecule has 100 valence electrons. The van der Waals surface area contributed by atoms with Crippen molar-refractivity contribution in [2.24, 2.45) is 0 Å². The van der Waals surface area contributed by atoms with Gasteiger partial charge in [-0.2, -0.15) is 0 Å². The lowest BCUT2D eigenvalue weighted by molar-refractivity contribution is -0.132. The van der Waals surface area contributed by atoms with Crippen LogP contribution in [-0.4, -0.2) is 53.6 Å². The summed E-state index contributed by atoms with van der Waals surface area (Å²) in [4.78, 5) is 15.7. The molecule has 1 fully saturated rings. The Kier molecular flexibility index (Phi) is 4.38. The normalized spacial score (nSPS) is 20.9. The summed E-state index contributed by atoms with van der Waals surface area (Å²) < 4.78 is 5.21. The lowest BCUT2D eigenvalue weighted by Crippen LogP contribution is -2.44. The van der Waals surface area contributed by atoms with Gasteiger partial charge in [0, 0.05) is 13.6 Å². The Morgan fingerprint density at radius 2 is 2.50 bits per heavy atom. The minimum absolute atomic E-state index is 0.0560. The fraction of sp³-hybridized carbons (Fsp3) is 0.615. The number of carbonyl (C=O) groups excluding carboxylic acids is 1. The zero-order chi connectivity index (χ0) is 13.0. The van der Waals surface area contributed by atoms with Crippen LogP contribution in [0.2, 0.25) is 0 Å². The number of likely N-dealkylation sites (N-methyl/N-ethyl adjacent to an activating group) is 1. The number of piperidine rings is 1. The number of aliphatic hydroxyl groups excluding tert-OH is 1. The molecule has 0 radical (unpaired) electrons. The average molecular weight is 252 g/mol. The second-order valence-electron chi connectivity index (χ2n) is 4.86. The van der Waals surface area contributed by atoms with E-state index in [0.29, 0.717) is 19.6 Å². The molecule has 0 saturated carbocycles. The highest BCUT2D eigenvalue weighted by Gasteiger charge is 2.21. The summed E-state index contributed by atoms with van der Waals surface area (Å²) in [6.07, 6.45) is 3.11. The van der Waals surface area contributed by atoms with Crippen molar-refractivity contribution in [2.45, 2.75) is 25.5 Å². The van der Waals surface area contributed by atoms with E-state index in [2.05, 4.69) is 0 Å². The maximum Gasteiger partial charge on any atom is 0.236 e. The number of β-amino-alcohol motifs (C(OH)–C–C–N with tert-alkyl or cyclic N) is 1. The smallest absolute Gasteiger partial charge is 0.236 e. The molecule has 0 spiro atoms. The van der Waals surface area contributed by atoms with Crippen LogP contribution in [0.15, 0.2) is 22.8 Å². The van der Waals surface area contributed by atoms with Crippen LogP contribution in [0.1, 0.15) is 18.6 Å². The molecule has 0 aliphatic carbocycles. The van der Waals surface area contributed by atoms with Crippen molar-refractivity contribution < 1.29 is 14.3 Å². The molecule has 2 rings (SSSR count). The predicted molar refractivity (Wildman–Crippen MR) is 66.9 cm³/mol. The number of amides is 1. The van der Waals surface area contributed by atoms with Crippen molar-refractivity contribution in [1.82, 2.24) is 9.80 Å². The largest absolute Gasteiger partial charge is 0.467 e. The van der Waals surface area contributed by atoms with Crippen molar-refractivity contribution >= 4 is 5.91 Å². The molecular formula is C13H20N2O3. The van der Waals surface area contributed by atoms with E-state index in [1.807, 2.05) is 17.0 Å². The number of hydrogen-bond acceptors (Lipinski definition) is 4. The lowest BCUT2D eigenvalue weighted by atomic mass is 10.1. The zero-order valence-corrected chi connectivity index (χ0v) is 10.7. The molecule has 2 heterocycles. The maximum absolute atomic E-state index is 12.0. The Labute approximate surface area is 107 Å². The summed E-state index contributed by atoms with van der Waals surface area (Å²) in [5.41, 5.74) is 0. The molecule has 1 aromatic heterocycles. The summed E-state index contributed by atoms with van der Waals surface area (Å²) in [6, 6.07) is 3.67. The van der Waals surface area contributed by atoms with E-state index in [1.54, 1.807) is 18.2 Å². The summed E-state index contributed by atoms with van der Waals surface area (Å²) in [7, 11) is 1.77. The third-order valence-electron chi connectivity index (χ3n) is 3.24. The SMILES string of the molecule is CN(Cc1ccco1)C(=O)CN1CCCC(O)C1. The molecule has 0 bridgehead atoms. The van der Waals surface area contributed by atoms with E-state index in [4.69, 9.17) is 4.42 Å². The Balaban J connectivity index is 1.79. The number of hydrogen-bond donors (Lipinski definition) is 1. The first-order valence-corrected chi connectivity index (χ1v) is 6.32. The topological polar surface area (TPSA) is 56.9 Å². The molecule has 5 heteroatoms. The highest BCUT2D eigenvalue weighted by molar-refractivity contribution is 5.77. The third-order valence-corrected chi connectivity index (χ3v) is 3.24. The molecule has 1 aliphatic rings. The van der Waals surface area contributed by atoms with Gasteiger partial charge in [-0.25, -0.2) is 0 Å². The molecule has 1 saturated heterocycles. The van der Waals surface area contributed by atoms with Crippen molar-refractivity contribution in [1.29, 1.82) is 0 Å². The summed E-state index contributed by atoms with van der Waals surface area (Å²) in [5, 5.41) is 9.56. The van der Waals surface area contributed by atoms with Crippen LogP contribution in [-0.2, 0) is 11.3 Å². The minimum Gasteiger partial charge on any atom is -0.467 e. The molecule has 1 N–H and O–H groups in total. The van der Waals surface area contributed by atoms with Crippen molar-refractivity contribution in [3.63, 3.8) is 0 Å². The van der Waals surface area contributed by atoms with Crippen LogP contribution in [0.4, 0.5) is 0 Å². The fourth-order valence-electron chi connectivity index (χ4n) is 2.21. The van der Waals surface area contributed by atoms with Gasteiger partial charge in [0.05, 0.1) is 25.5 Å². The number of aliphatic hydroxyl groups is 1. The van der Waals surface area contributed by atoms with Gasteiger partial charge in [0.25, 0.3) is 0 Å². The molecule has 1 unspecified atom stereocenters. The van der Waals surface area contributed by atoms with Gasteiger partial charge < -0.3 is 14.4 Å². The van der Waals surface area contributed by atoms with Gasteiger partial charge in [0.2, 0.25) is 5.91 Å². The summed E-state index contributed by atoms with van der Waals surface area (Å²) >= 11 is 0. The molecular weight excluding hydrogens is 232 g/mol. The number of carbonyl (C=O) groups is 1. The molecule has 1 atom stereocenters. The monoisotopic (exact) mass is 252 g/mol. The molecule has 18 heavy (non-hydrogen) atoms. The van der Waals surface area contributed by atoms with E-state index in [9.17, 15) is 9.90 Å². The van der Waals surface area contributed by atoms with Crippen LogP contribution in [0, 0.1) is 0 Å². The summed E-state index contributed by atoms with van der Waals surface area (Å²) in [6.45, 7) is 2.34. The fourth-order valence-corrected chi connectivity index (χ4v) is 2.21. The highest BCUT2D eigenvalue weighted by atomic mass is 16.3. The van der Waals surface area contributed by atoms with Gasteiger partial charge in [0.15, 0.2) is 0 Å². The van der Waals surface area contributed by atoms with Gasteiger partial charge in [0.1, 0.15) is 5.76 Å². The Hall–Kier alpha value is -1.33. The van der Waals surface area contributed by atoms with Crippen LogP contribution in [0.25, 0.3) is 0 Å². The number of rotatable bonds is 4. The zero-order valence-electron chi connectivity index (χ0n) is 10.7. The highest BCUT2D eigenvalue weighted by Crippen LogP contribution is 2.10. The van der Waals surface area contributed by atoms with E-state index in [0.717, 1.165) is 25.1 Å². The van der Waals surface area contributed by atoms with E-state index >= 15 is 0 Å². The van der Waals surface area contributed by atoms with Gasteiger partial charge in [-0.1, -0.05) is 0 Å².